The first-order valence-electron chi connectivity index (χ1n) is 7.21. The minimum Gasteiger partial charge on any atom is -0.358 e. The molecule has 4 rings (SSSR count). The van der Waals surface area contributed by atoms with Crippen molar-refractivity contribution in [2.75, 3.05) is 19.6 Å². The van der Waals surface area contributed by atoms with E-state index >= 15 is 0 Å². The molecule has 0 spiro atoms. The molecule has 0 aromatic heterocycles. The Hall–Kier alpha value is -0.980. The fourth-order valence-corrected chi connectivity index (χ4v) is 3.78. The van der Waals surface area contributed by atoms with Gasteiger partial charge in [0.1, 0.15) is 0 Å². The Bertz CT molecular complexity index is 558. The maximum Gasteiger partial charge on any atom is 0.257 e. The summed E-state index contributed by atoms with van der Waals surface area (Å²) in [5, 5.41) is 6.51. The number of rotatable bonds is 2. The molecule has 3 fully saturated rings. The maximum absolute atomic E-state index is 12.1. The second-order valence-corrected chi connectivity index (χ2v) is 7.01. The third-order valence-electron chi connectivity index (χ3n) is 4.29. The topological polar surface area (TPSA) is 44.4 Å². The fraction of sp³-hybridized carbons (Fsp3) is 0.467. The minimum absolute atomic E-state index is 0.171. The van der Waals surface area contributed by atoms with E-state index in [2.05, 4.69) is 31.5 Å². The Balaban J connectivity index is 1.55. The number of nitrogens with zero attached hydrogens (tertiary/aromatic N) is 1. The number of halogens is 1. The lowest BCUT2D eigenvalue weighted by Crippen LogP contribution is -2.59. The summed E-state index contributed by atoms with van der Waals surface area (Å²) in [7, 11) is 0. The number of hydrogen-bond acceptors (Lipinski definition) is 3. The molecule has 3 saturated heterocycles. The van der Waals surface area contributed by atoms with E-state index in [1.54, 1.807) is 12.1 Å². The summed E-state index contributed by atoms with van der Waals surface area (Å²) in [4.78, 5) is 14.6. The summed E-state index contributed by atoms with van der Waals surface area (Å²) >= 11 is 8.65. The Morgan fingerprint density at radius 3 is 2.71 bits per heavy atom. The molecule has 21 heavy (non-hydrogen) atoms. The maximum atomic E-state index is 12.1. The van der Waals surface area contributed by atoms with Crippen molar-refractivity contribution in [1.29, 1.82) is 0 Å². The van der Waals surface area contributed by atoms with E-state index < -0.39 is 0 Å². The highest BCUT2D eigenvalue weighted by Gasteiger charge is 2.34. The molecule has 3 aliphatic rings. The van der Waals surface area contributed by atoms with Gasteiger partial charge in [0, 0.05) is 22.6 Å². The van der Waals surface area contributed by atoms with Crippen molar-refractivity contribution >= 4 is 39.2 Å². The molecule has 2 N–H and O–H groups in total. The Kier molecular flexibility index (Phi) is 4.57. The third-order valence-corrected chi connectivity index (χ3v) is 5.00. The highest BCUT2D eigenvalue weighted by Crippen LogP contribution is 2.27. The number of fused-ring (bicyclic) bond motifs is 3. The van der Waals surface area contributed by atoms with Gasteiger partial charge in [0.2, 0.25) is 0 Å². The highest BCUT2D eigenvalue weighted by atomic mass is 79.9. The van der Waals surface area contributed by atoms with Crippen LogP contribution in [0.3, 0.4) is 0 Å². The fourth-order valence-electron chi connectivity index (χ4n) is 3.14. The number of thiocarbonyl (C=S) groups is 1. The van der Waals surface area contributed by atoms with Crippen LogP contribution in [-0.4, -0.2) is 41.6 Å². The number of piperidine rings is 3. The van der Waals surface area contributed by atoms with Crippen LogP contribution in [0.15, 0.2) is 28.7 Å². The van der Waals surface area contributed by atoms with Crippen molar-refractivity contribution in [3.63, 3.8) is 0 Å². The summed E-state index contributed by atoms with van der Waals surface area (Å²) in [5.74, 6) is 0.505. The van der Waals surface area contributed by atoms with Crippen molar-refractivity contribution < 1.29 is 4.79 Å². The second kappa shape index (κ2) is 6.42. The van der Waals surface area contributed by atoms with Crippen LogP contribution in [0.5, 0.6) is 0 Å². The van der Waals surface area contributed by atoms with Gasteiger partial charge in [0.25, 0.3) is 5.91 Å². The molecule has 3 heterocycles. The van der Waals surface area contributed by atoms with Gasteiger partial charge in [-0.2, -0.15) is 0 Å². The number of hydrogen-bond donors (Lipinski definition) is 2. The molecule has 0 aliphatic carbocycles. The van der Waals surface area contributed by atoms with Crippen LogP contribution in [0.25, 0.3) is 0 Å². The minimum atomic E-state index is -0.171. The van der Waals surface area contributed by atoms with Crippen molar-refractivity contribution in [2.24, 2.45) is 5.92 Å². The van der Waals surface area contributed by atoms with Crippen LogP contribution in [0.4, 0.5) is 0 Å². The summed E-state index contributed by atoms with van der Waals surface area (Å²) in [6.45, 7) is 3.41. The van der Waals surface area contributed by atoms with E-state index in [4.69, 9.17) is 12.2 Å². The van der Waals surface area contributed by atoms with Gasteiger partial charge in [-0.1, -0.05) is 22.0 Å². The number of nitrogens with one attached hydrogen (secondary N) is 2. The zero-order valence-corrected chi connectivity index (χ0v) is 14.0. The lowest BCUT2D eigenvalue weighted by atomic mass is 9.84. The number of carbonyl (C=O) groups excluding carboxylic acids is 1. The second-order valence-electron chi connectivity index (χ2n) is 5.68. The van der Waals surface area contributed by atoms with Crippen molar-refractivity contribution in [3.05, 3.63) is 34.3 Å². The summed E-state index contributed by atoms with van der Waals surface area (Å²) in [6, 6.07) is 7.65. The first-order chi connectivity index (χ1) is 10.1. The van der Waals surface area contributed by atoms with E-state index in [1.165, 1.54) is 25.9 Å². The zero-order chi connectivity index (χ0) is 14.8. The van der Waals surface area contributed by atoms with Gasteiger partial charge in [0.05, 0.1) is 0 Å². The van der Waals surface area contributed by atoms with Crippen LogP contribution in [0.1, 0.15) is 23.2 Å². The van der Waals surface area contributed by atoms with Gasteiger partial charge in [-0.05, 0) is 62.3 Å². The van der Waals surface area contributed by atoms with E-state index in [0.717, 1.165) is 11.0 Å². The zero-order valence-electron chi connectivity index (χ0n) is 11.6. The molecule has 112 valence electrons. The average molecular weight is 368 g/mol. The standard InChI is InChI=1S/C15H18BrN3OS/c16-12-3-1-2-11(8-12)14(20)18-15(21)17-13-9-19-6-4-10(13)5-7-19/h1-3,8,10,13H,4-7,9H2,(H2,17,18,20,21). The van der Waals surface area contributed by atoms with Gasteiger partial charge < -0.3 is 10.2 Å². The molecule has 4 nitrogen and oxygen atoms in total. The van der Waals surface area contributed by atoms with Crippen LogP contribution < -0.4 is 10.6 Å². The van der Waals surface area contributed by atoms with Crippen LogP contribution >= 0.6 is 28.1 Å². The molecule has 3 aliphatic heterocycles. The summed E-state index contributed by atoms with van der Waals surface area (Å²) in [6.07, 6.45) is 2.44. The largest absolute Gasteiger partial charge is 0.358 e. The van der Waals surface area contributed by atoms with E-state index in [-0.39, 0.29) is 5.91 Å². The van der Waals surface area contributed by atoms with Crippen molar-refractivity contribution in [1.82, 2.24) is 15.5 Å². The van der Waals surface area contributed by atoms with Gasteiger partial charge in [-0.25, -0.2) is 0 Å². The molecule has 6 heteroatoms. The predicted octanol–water partition coefficient (Wildman–Crippen LogP) is 2.15. The van der Waals surface area contributed by atoms with E-state index in [0.29, 0.717) is 22.6 Å². The van der Waals surface area contributed by atoms with Gasteiger partial charge in [-0.3, -0.25) is 10.1 Å². The average Bonchev–Trinajstić information content (AvgIpc) is 2.48. The molecule has 0 radical (unpaired) electrons. The highest BCUT2D eigenvalue weighted by molar-refractivity contribution is 9.10. The normalized spacial score (nSPS) is 27.2. The molecule has 0 saturated carbocycles. The number of amides is 1. The molecule has 2 bridgehead atoms. The Morgan fingerprint density at radius 1 is 1.33 bits per heavy atom. The summed E-state index contributed by atoms with van der Waals surface area (Å²) in [5.41, 5.74) is 0.599. The monoisotopic (exact) mass is 367 g/mol. The van der Waals surface area contributed by atoms with Gasteiger partial charge in [-0.15, -0.1) is 0 Å². The number of carbonyl (C=O) groups is 1. The molecule has 1 aromatic rings. The van der Waals surface area contributed by atoms with Crippen molar-refractivity contribution in [2.45, 2.75) is 18.9 Å². The molecule has 1 atom stereocenters. The van der Waals surface area contributed by atoms with Crippen LogP contribution in [0.2, 0.25) is 0 Å². The first-order valence-corrected chi connectivity index (χ1v) is 8.42. The molecular weight excluding hydrogens is 350 g/mol. The van der Waals surface area contributed by atoms with E-state index in [9.17, 15) is 4.79 Å². The van der Waals surface area contributed by atoms with E-state index in [1.807, 2.05) is 12.1 Å². The molecule has 1 aromatic carbocycles. The first kappa shape index (κ1) is 14.9. The SMILES string of the molecule is O=C(NC(=S)NC1CN2CCC1CC2)c1cccc(Br)c1. The lowest BCUT2D eigenvalue weighted by Gasteiger charge is -2.45. The number of benzene rings is 1. The lowest BCUT2D eigenvalue weighted by molar-refractivity contribution is 0.0807. The smallest absolute Gasteiger partial charge is 0.257 e. The van der Waals surface area contributed by atoms with Crippen LogP contribution in [0, 0.1) is 5.92 Å². The Labute approximate surface area is 138 Å². The molecular formula is C15H18BrN3OS. The molecule has 1 unspecified atom stereocenters. The summed E-state index contributed by atoms with van der Waals surface area (Å²) < 4.78 is 0.881. The molecule has 1 amide bonds. The predicted molar refractivity (Wildman–Crippen MR) is 90.3 cm³/mol. The Morgan fingerprint density at radius 2 is 2.10 bits per heavy atom. The third kappa shape index (κ3) is 3.62. The van der Waals surface area contributed by atoms with Crippen molar-refractivity contribution in [3.8, 4) is 0 Å². The van der Waals surface area contributed by atoms with Gasteiger partial charge >= 0.3 is 0 Å². The van der Waals surface area contributed by atoms with Gasteiger partial charge in [0.15, 0.2) is 5.11 Å². The van der Waals surface area contributed by atoms with Crippen LogP contribution in [-0.2, 0) is 0 Å². The quantitative estimate of drug-likeness (QED) is 0.786.